The molecule has 0 fully saturated rings. The summed E-state index contributed by atoms with van der Waals surface area (Å²) in [6.07, 6.45) is 0.739. The van der Waals surface area contributed by atoms with Gasteiger partial charge in [-0.3, -0.25) is 9.59 Å². The quantitative estimate of drug-likeness (QED) is 0.532. The lowest BCUT2D eigenvalue weighted by molar-refractivity contribution is -0.145. The minimum atomic E-state index is -0.951. The molecule has 1 aliphatic carbocycles. The van der Waals surface area contributed by atoms with Crippen molar-refractivity contribution in [2.75, 3.05) is 0 Å². The Balaban J connectivity index is 1.54. The van der Waals surface area contributed by atoms with E-state index in [0.29, 0.717) is 19.4 Å². The number of carboxylic acids is 1. The Kier molecular flexibility index (Phi) is 4.90. The zero-order chi connectivity index (χ0) is 19.0. The van der Waals surface area contributed by atoms with Gasteiger partial charge in [0.2, 0.25) is 5.91 Å². The van der Waals surface area contributed by atoms with Crippen molar-refractivity contribution >= 4 is 56.0 Å². The molecule has 0 aliphatic heterocycles. The Morgan fingerprint density at radius 1 is 1.15 bits per heavy atom. The molecular formula is C20H17IN2O3S. The molecular weight excluding hydrogens is 475 g/mol. The molecule has 0 saturated carbocycles. The summed E-state index contributed by atoms with van der Waals surface area (Å²) in [5.41, 5.74) is 2.13. The van der Waals surface area contributed by atoms with Crippen LogP contribution in [-0.2, 0) is 29.0 Å². The summed E-state index contributed by atoms with van der Waals surface area (Å²) in [4.78, 5) is 29.1. The largest absolute Gasteiger partial charge is 0.481 e. The van der Waals surface area contributed by atoms with Gasteiger partial charge >= 0.3 is 5.97 Å². The average Bonchev–Trinajstić information content (AvgIpc) is 3.21. The van der Waals surface area contributed by atoms with Crippen LogP contribution in [-0.4, -0.2) is 22.0 Å². The van der Waals surface area contributed by atoms with E-state index in [1.807, 2.05) is 42.5 Å². The molecule has 5 nitrogen and oxygen atoms in total. The van der Waals surface area contributed by atoms with Gasteiger partial charge in [-0.25, -0.2) is 4.98 Å². The monoisotopic (exact) mass is 492 g/mol. The molecule has 0 saturated heterocycles. The first-order valence-electron chi connectivity index (χ1n) is 8.58. The second kappa shape index (κ2) is 7.20. The Labute approximate surface area is 174 Å². The summed E-state index contributed by atoms with van der Waals surface area (Å²) in [6.45, 7) is 0.311. The lowest BCUT2D eigenvalue weighted by atomic mass is 9.80. The number of carbonyl (C=O) groups excluding carboxylic acids is 1. The van der Waals surface area contributed by atoms with E-state index in [1.165, 1.54) is 0 Å². The van der Waals surface area contributed by atoms with Gasteiger partial charge in [0.05, 0.1) is 28.6 Å². The summed E-state index contributed by atoms with van der Waals surface area (Å²) in [6, 6.07) is 13.8. The summed E-state index contributed by atoms with van der Waals surface area (Å²) < 4.78 is 2.16. The molecule has 7 heteroatoms. The first-order valence-corrected chi connectivity index (χ1v) is 10.5. The van der Waals surface area contributed by atoms with Crippen molar-refractivity contribution in [2.24, 2.45) is 5.41 Å². The number of fused-ring (bicyclic) bond motifs is 2. The smallest absolute Gasteiger partial charge is 0.304 e. The maximum absolute atomic E-state index is 13.0. The standard InChI is InChI=1S/C20H17IN2O3S/c21-14-6-3-7-15-18(14)23-16(27-15)11-22-19(26)20(10-17(24)25)8-12-4-1-2-5-13(12)9-20/h1-7H,8-11H2,(H,22,26)(H,24,25). The number of amides is 1. The van der Waals surface area contributed by atoms with E-state index in [-0.39, 0.29) is 12.3 Å². The molecule has 0 unspecified atom stereocenters. The molecule has 4 rings (SSSR count). The summed E-state index contributed by atoms with van der Waals surface area (Å²) in [5.74, 6) is -1.16. The van der Waals surface area contributed by atoms with E-state index in [1.54, 1.807) is 11.3 Å². The van der Waals surface area contributed by atoms with Crippen LogP contribution in [0.2, 0.25) is 0 Å². The van der Waals surface area contributed by atoms with Crippen LogP contribution < -0.4 is 5.32 Å². The average molecular weight is 492 g/mol. The molecule has 0 bridgehead atoms. The maximum atomic E-state index is 13.0. The van der Waals surface area contributed by atoms with Crippen LogP contribution in [0.4, 0.5) is 0 Å². The van der Waals surface area contributed by atoms with Crippen molar-refractivity contribution in [3.63, 3.8) is 0 Å². The number of nitrogens with zero attached hydrogens (tertiary/aromatic N) is 1. The number of carbonyl (C=O) groups is 2. The Bertz CT molecular complexity index is 1020. The number of nitrogens with one attached hydrogen (secondary N) is 1. The third-order valence-corrected chi connectivity index (χ3v) is 6.85. The number of hydrogen-bond donors (Lipinski definition) is 2. The molecule has 1 amide bonds. The third-order valence-electron chi connectivity index (χ3n) is 4.96. The summed E-state index contributed by atoms with van der Waals surface area (Å²) in [7, 11) is 0. The minimum Gasteiger partial charge on any atom is -0.481 e. The van der Waals surface area contributed by atoms with Crippen molar-refractivity contribution in [3.05, 3.63) is 62.2 Å². The number of aliphatic carboxylic acids is 1. The lowest BCUT2D eigenvalue weighted by Gasteiger charge is -2.25. The summed E-state index contributed by atoms with van der Waals surface area (Å²) >= 11 is 3.80. The van der Waals surface area contributed by atoms with Gasteiger partial charge in [-0.15, -0.1) is 11.3 Å². The predicted molar refractivity (Wildman–Crippen MR) is 113 cm³/mol. The SMILES string of the molecule is O=C(O)CC1(C(=O)NCc2nc3c(I)cccc3s2)Cc2ccccc2C1. The van der Waals surface area contributed by atoms with Gasteiger partial charge in [0.1, 0.15) is 5.01 Å². The molecule has 1 aromatic heterocycles. The van der Waals surface area contributed by atoms with Gasteiger partial charge in [-0.1, -0.05) is 30.3 Å². The van der Waals surface area contributed by atoms with Gasteiger partial charge in [0.25, 0.3) is 0 Å². The van der Waals surface area contributed by atoms with Crippen molar-refractivity contribution in [2.45, 2.75) is 25.8 Å². The fraction of sp³-hybridized carbons (Fsp3) is 0.250. The highest BCUT2D eigenvalue weighted by Gasteiger charge is 2.45. The fourth-order valence-corrected chi connectivity index (χ4v) is 5.46. The number of benzene rings is 2. The van der Waals surface area contributed by atoms with Crippen molar-refractivity contribution < 1.29 is 14.7 Å². The van der Waals surface area contributed by atoms with Gasteiger partial charge < -0.3 is 10.4 Å². The second-order valence-electron chi connectivity index (χ2n) is 6.85. The highest BCUT2D eigenvalue weighted by atomic mass is 127. The van der Waals surface area contributed by atoms with Crippen LogP contribution in [0.5, 0.6) is 0 Å². The minimum absolute atomic E-state index is 0.175. The van der Waals surface area contributed by atoms with Crippen LogP contribution >= 0.6 is 33.9 Å². The molecule has 0 spiro atoms. The highest BCUT2D eigenvalue weighted by molar-refractivity contribution is 14.1. The van der Waals surface area contributed by atoms with Crippen LogP contribution in [0, 0.1) is 8.99 Å². The van der Waals surface area contributed by atoms with E-state index in [9.17, 15) is 14.7 Å². The van der Waals surface area contributed by atoms with Crippen molar-refractivity contribution in [1.82, 2.24) is 10.3 Å². The van der Waals surface area contributed by atoms with Crippen LogP contribution in [0.25, 0.3) is 10.2 Å². The topological polar surface area (TPSA) is 79.3 Å². The second-order valence-corrected chi connectivity index (χ2v) is 9.13. The van der Waals surface area contributed by atoms with Gasteiger partial charge in [-0.2, -0.15) is 0 Å². The lowest BCUT2D eigenvalue weighted by Crippen LogP contribution is -2.43. The molecule has 1 heterocycles. The van der Waals surface area contributed by atoms with Crippen molar-refractivity contribution in [3.8, 4) is 0 Å². The number of carboxylic acid groups (broad SMARTS) is 1. The molecule has 3 aromatic rings. The first kappa shape index (κ1) is 18.4. The van der Waals surface area contributed by atoms with Crippen molar-refractivity contribution in [1.29, 1.82) is 0 Å². The number of hydrogen-bond acceptors (Lipinski definition) is 4. The molecule has 0 atom stereocenters. The predicted octanol–water partition coefficient (Wildman–Crippen LogP) is 3.78. The van der Waals surface area contributed by atoms with E-state index < -0.39 is 11.4 Å². The fourth-order valence-electron chi connectivity index (χ4n) is 3.73. The Morgan fingerprint density at radius 2 is 1.85 bits per heavy atom. The Morgan fingerprint density at radius 3 is 2.48 bits per heavy atom. The van der Waals surface area contributed by atoms with Crippen LogP contribution in [0.15, 0.2) is 42.5 Å². The van der Waals surface area contributed by atoms with Gasteiger partial charge in [0, 0.05) is 3.57 Å². The van der Waals surface area contributed by atoms with Gasteiger partial charge in [-0.05, 0) is 58.7 Å². The number of thiazole rings is 1. The van der Waals surface area contributed by atoms with E-state index in [4.69, 9.17) is 0 Å². The van der Waals surface area contributed by atoms with Crippen LogP contribution in [0.1, 0.15) is 22.6 Å². The van der Waals surface area contributed by atoms with E-state index in [2.05, 4.69) is 32.9 Å². The Hall–Kier alpha value is -2.00. The maximum Gasteiger partial charge on any atom is 0.304 e. The van der Waals surface area contributed by atoms with Gasteiger partial charge in [0.15, 0.2) is 0 Å². The molecule has 0 radical (unpaired) electrons. The third kappa shape index (κ3) is 3.58. The summed E-state index contributed by atoms with van der Waals surface area (Å²) in [5, 5.41) is 13.2. The van der Waals surface area contributed by atoms with E-state index >= 15 is 0 Å². The normalized spacial score (nSPS) is 14.9. The molecule has 138 valence electrons. The van der Waals surface area contributed by atoms with Crippen LogP contribution in [0.3, 0.4) is 0 Å². The zero-order valence-corrected chi connectivity index (χ0v) is 17.3. The molecule has 1 aliphatic rings. The molecule has 2 N–H and O–H groups in total. The van der Waals surface area contributed by atoms with E-state index in [0.717, 1.165) is 29.9 Å². The number of halogens is 1. The first-order chi connectivity index (χ1) is 13.0. The zero-order valence-electron chi connectivity index (χ0n) is 14.4. The highest BCUT2D eigenvalue weighted by Crippen LogP contribution is 2.40. The molecule has 27 heavy (non-hydrogen) atoms. The number of rotatable bonds is 5. The number of para-hydroxylation sites is 1. The number of aromatic nitrogens is 1. The molecule has 2 aromatic carbocycles.